The topological polar surface area (TPSA) is 70.2 Å². The van der Waals surface area contributed by atoms with E-state index in [1.807, 2.05) is 36.1 Å². The third-order valence-corrected chi connectivity index (χ3v) is 5.17. The average Bonchev–Trinajstić information content (AvgIpc) is 2.64. The van der Waals surface area contributed by atoms with E-state index in [4.69, 9.17) is 0 Å². The molecule has 156 valence electrons. The zero-order valence-corrected chi connectivity index (χ0v) is 16.4. The summed E-state index contributed by atoms with van der Waals surface area (Å²) in [6.07, 6.45) is -2.72. The van der Waals surface area contributed by atoms with Crippen molar-refractivity contribution in [3.8, 4) is 0 Å². The van der Waals surface area contributed by atoms with Gasteiger partial charge in [-0.2, -0.15) is 13.2 Å². The zero-order chi connectivity index (χ0) is 21.5. The van der Waals surface area contributed by atoms with Crippen LogP contribution in [0.25, 0.3) is 10.8 Å². The van der Waals surface area contributed by atoms with E-state index in [0.29, 0.717) is 24.6 Å². The minimum absolute atomic E-state index is 0.0603. The Balaban J connectivity index is 1.36. The van der Waals surface area contributed by atoms with E-state index in [1.165, 1.54) is 13.0 Å². The van der Waals surface area contributed by atoms with Gasteiger partial charge in [0.25, 0.3) is 0 Å². The quantitative estimate of drug-likeness (QED) is 0.670. The predicted molar refractivity (Wildman–Crippen MR) is 109 cm³/mol. The van der Waals surface area contributed by atoms with Crippen LogP contribution in [0.1, 0.15) is 17.0 Å². The molecule has 2 N–H and O–H groups in total. The molecule has 1 fully saturated rings. The highest BCUT2D eigenvalue weighted by Gasteiger charge is 2.34. The molecule has 0 saturated carbocycles. The summed E-state index contributed by atoms with van der Waals surface area (Å²) in [6, 6.07) is 9.43. The maximum absolute atomic E-state index is 12.9. The molecular weight excluding hydrogens is 395 g/mol. The molecule has 0 unspecified atom stereocenters. The van der Waals surface area contributed by atoms with E-state index in [-0.39, 0.29) is 17.8 Å². The van der Waals surface area contributed by atoms with Crippen molar-refractivity contribution in [3.63, 3.8) is 0 Å². The van der Waals surface area contributed by atoms with Gasteiger partial charge in [0.2, 0.25) is 0 Å². The number of hydrogen-bond donors (Lipinski definition) is 2. The largest absolute Gasteiger partial charge is 0.418 e. The number of benzene rings is 1. The van der Waals surface area contributed by atoms with E-state index >= 15 is 0 Å². The number of carbonyl (C=O) groups is 1. The van der Waals surface area contributed by atoms with Crippen LogP contribution in [0, 0.1) is 13.8 Å². The van der Waals surface area contributed by atoms with Crippen LogP contribution in [-0.2, 0) is 6.18 Å². The number of halogens is 3. The number of fused-ring (bicyclic) bond motifs is 1. The molecule has 30 heavy (non-hydrogen) atoms. The highest BCUT2D eigenvalue weighted by atomic mass is 19.4. The van der Waals surface area contributed by atoms with E-state index in [1.54, 1.807) is 6.20 Å². The molecule has 0 aliphatic carbocycles. The Morgan fingerprint density at radius 2 is 1.83 bits per heavy atom. The number of anilines is 2. The molecule has 1 saturated heterocycles. The van der Waals surface area contributed by atoms with Gasteiger partial charge in [-0.25, -0.2) is 9.78 Å². The zero-order valence-electron chi connectivity index (χ0n) is 16.4. The van der Waals surface area contributed by atoms with Gasteiger partial charge in [-0.3, -0.25) is 4.98 Å². The lowest BCUT2D eigenvalue weighted by Crippen LogP contribution is -2.60. The van der Waals surface area contributed by atoms with Gasteiger partial charge in [-0.05, 0) is 38.1 Å². The van der Waals surface area contributed by atoms with Crippen LogP contribution in [0.2, 0.25) is 0 Å². The molecule has 2 aromatic heterocycles. The molecule has 4 rings (SSSR count). The van der Waals surface area contributed by atoms with Crippen molar-refractivity contribution in [2.45, 2.75) is 26.1 Å². The summed E-state index contributed by atoms with van der Waals surface area (Å²) in [5.74, 6) is 0.469. The first-order valence-corrected chi connectivity index (χ1v) is 9.44. The maximum Gasteiger partial charge on any atom is 0.418 e. The van der Waals surface area contributed by atoms with Crippen molar-refractivity contribution in [2.75, 3.05) is 23.3 Å². The van der Waals surface area contributed by atoms with E-state index in [9.17, 15) is 18.0 Å². The van der Waals surface area contributed by atoms with Crippen molar-refractivity contribution in [3.05, 3.63) is 59.5 Å². The Morgan fingerprint density at radius 1 is 1.07 bits per heavy atom. The van der Waals surface area contributed by atoms with Crippen molar-refractivity contribution in [2.24, 2.45) is 0 Å². The number of carbonyl (C=O) groups excluding carboxylic acids is 1. The van der Waals surface area contributed by atoms with Gasteiger partial charge in [-0.1, -0.05) is 12.1 Å². The summed E-state index contributed by atoms with van der Waals surface area (Å²) in [7, 11) is 0. The fourth-order valence-electron chi connectivity index (χ4n) is 3.59. The second-order valence-corrected chi connectivity index (χ2v) is 7.30. The normalized spacial score (nSPS) is 14.5. The van der Waals surface area contributed by atoms with Crippen molar-refractivity contribution < 1.29 is 18.0 Å². The Morgan fingerprint density at radius 3 is 2.53 bits per heavy atom. The number of nitrogens with one attached hydrogen (secondary N) is 2. The minimum atomic E-state index is -4.41. The molecule has 1 aromatic carbocycles. The van der Waals surface area contributed by atoms with Crippen LogP contribution in [0.3, 0.4) is 0 Å². The van der Waals surface area contributed by atoms with Crippen LogP contribution < -0.4 is 15.5 Å². The predicted octanol–water partition coefficient (Wildman–Crippen LogP) is 4.28. The summed E-state index contributed by atoms with van der Waals surface area (Å²) in [5.41, 5.74) is 0.772. The highest BCUT2D eigenvalue weighted by Crippen LogP contribution is 2.32. The van der Waals surface area contributed by atoms with E-state index in [0.717, 1.165) is 22.5 Å². The first kappa shape index (κ1) is 19.9. The molecule has 3 heterocycles. The second-order valence-electron chi connectivity index (χ2n) is 7.30. The molecule has 3 aromatic rings. The number of pyridine rings is 2. The van der Waals surface area contributed by atoms with Crippen LogP contribution in [0.5, 0.6) is 0 Å². The molecule has 6 nitrogen and oxygen atoms in total. The fourth-order valence-corrected chi connectivity index (χ4v) is 3.59. The fraction of sp³-hybridized carbons (Fsp3) is 0.286. The average molecular weight is 415 g/mol. The summed E-state index contributed by atoms with van der Waals surface area (Å²) < 4.78 is 38.6. The summed E-state index contributed by atoms with van der Waals surface area (Å²) in [4.78, 5) is 22.5. The SMILES string of the molecule is Cc1nc(N2CC(NC(=O)Nc3cccc4c(C)nccc34)C2)ccc1C(F)(F)F. The smallest absolute Gasteiger partial charge is 0.352 e. The highest BCUT2D eigenvalue weighted by molar-refractivity contribution is 6.02. The van der Waals surface area contributed by atoms with Gasteiger partial charge in [0.15, 0.2) is 0 Å². The van der Waals surface area contributed by atoms with Gasteiger partial charge in [0.05, 0.1) is 23.0 Å². The number of urea groups is 1. The van der Waals surface area contributed by atoms with Crippen LogP contribution in [-0.4, -0.2) is 35.1 Å². The molecule has 1 aliphatic heterocycles. The Bertz CT molecular complexity index is 1110. The minimum Gasteiger partial charge on any atom is -0.352 e. The molecule has 2 amide bonds. The Labute approximate surface area is 171 Å². The number of nitrogens with zero attached hydrogens (tertiary/aromatic N) is 3. The van der Waals surface area contributed by atoms with Crippen molar-refractivity contribution in [1.29, 1.82) is 0 Å². The molecule has 0 atom stereocenters. The molecule has 1 aliphatic rings. The van der Waals surface area contributed by atoms with E-state index < -0.39 is 11.7 Å². The first-order chi connectivity index (χ1) is 14.2. The monoisotopic (exact) mass is 415 g/mol. The number of alkyl halides is 3. The lowest BCUT2D eigenvalue weighted by atomic mass is 10.1. The summed E-state index contributed by atoms with van der Waals surface area (Å²) in [6.45, 7) is 4.20. The number of aryl methyl sites for hydroxylation is 2. The second kappa shape index (κ2) is 7.47. The first-order valence-electron chi connectivity index (χ1n) is 9.44. The van der Waals surface area contributed by atoms with Crippen LogP contribution in [0.15, 0.2) is 42.6 Å². The Hall–Kier alpha value is -3.36. The lowest BCUT2D eigenvalue weighted by Gasteiger charge is -2.40. The molecule has 0 radical (unpaired) electrons. The van der Waals surface area contributed by atoms with Crippen LogP contribution in [0.4, 0.5) is 29.5 Å². The maximum atomic E-state index is 12.9. The number of aromatic nitrogens is 2. The standard InChI is InChI=1S/C21H20F3N5O/c1-12-15-4-3-5-18(16(15)8-9-25-12)28-20(30)27-14-10-29(11-14)19-7-6-17(13(2)26-19)21(22,23)24/h3-9,14H,10-11H2,1-2H3,(H2,27,28,30). The van der Waals surface area contributed by atoms with Crippen molar-refractivity contribution in [1.82, 2.24) is 15.3 Å². The Kier molecular flexibility index (Phi) is 4.97. The van der Waals surface area contributed by atoms with Gasteiger partial charge in [0, 0.05) is 35.8 Å². The molecular formula is C21H20F3N5O. The summed E-state index contributed by atoms with van der Waals surface area (Å²) >= 11 is 0. The molecule has 0 bridgehead atoms. The third-order valence-electron chi connectivity index (χ3n) is 5.17. The van der Waals surface area contributed by atoms with Crippen molar-refractivity contribution >= 4 is 28.3 Å². The van der Waals surface area contributed by atoms with Gasteiger partial charge in [-0.15, -0.1) is 0 Å². The van der Waals surface area contributed by atoms with Gasteiger partial charge < -0.3 is 15.5 Å². The van der Waals surface area contributed by atoms with Gasteiger partial charge >= 0.3 is 12.2 Å². The number of amides is 2. The number of hydrogen-bond acceptors (Lipinski definition) is 4. The van der Waals surface area contributed by atoms with Crippen LogP contribution >= 0.6 is 0 Å². The van der Waals surface area contributed by atoms with Gasteiger partial charge in [0.1, 0.15) is 5.82 Å². The van der Waals surface area contributed by atoms with E-state index in [2.05, 4.69) is 20.6 Å². The molecule has 0 spiro atoms. The summed E-state index contributed by atoms with van der Waals surface area (Å²) in [5, 5.41) is 7.61. The number of rotatable bonds is 3. The lowest BCUT2D eigenvalue weighted by molar-refractivity contribution is -0.138. The third kappa shape index (κ3) is 3.87. The molecule has 9 heteroatoms.